The quantitative estimate of drug-likeness (QED) is 0.769. The lowest BCUT2D eigenvalue weighted by molar-refractivity contribution is -0.138. The number of carbonyl (C=O) groups excluding carboxylic acids is 1. The molecular weight excluding hydrogens is 358 g/mol. The second-order valence-corrected chi connectivity index (χ2v) is 5.82. The largest absolute Gasteiger partial charge is 0.417 e. The first-order valence-electron chi connectivity index (χ1n) is 5.88. The van der Waals surface area contributed by atoms with Crippen LogP contribution in [0.4, 0.5) is 13.2 Å². The molecule has 0 bridgehead atoms. The molecule has 0 fully saturated rings. The number of hydrogen-bond donors (Lipinski definition) is 1. The highest BCUT2D eigenvalue weighted by Gasteiger charge is 2.34. The van der Waals surface area contributed by atoms with Crippen molar-refractivity contribution < 1.29 is 18.0 Å². The number of carbonyl (C=O) groups is 1. The van der Waals surface area contributed by atoms with Crippen LogP contribution in [0.15, 0.2) is 22.7 Å². The highest BCUT2D eigenvalue weighted by Crippen LogP contribution is 2.35. The molecule has 1 rings (SSSR count). The molecule has 112 valence electrons. The number of rotatable bonds is 4. The van der Waals surface area contributed by atoms with E-state index in [9.17, 15) is 18.0 Å². The van der Waals surface area contributed by atoms with Crippen LogP contribution in [-0.2, 0) is 6.18 Å². The Hall–Kier alpha value is -0.750. The average molecular weight is 373 g/mol. The van der Waals surface area contributed by atoms with Crippen LogP contribution in [0, 0.1) is 0 Å². The van der Waals surface area contributed by atoms with Gasteiger partial charge in [-0.05, 0) is 31.5 Å². The summed E-state index contributed by atoms with van der Waals surface area (Å²) in [6.45, 7) is 3.58. The topological polar surface area (TPSA) is 29.1 Å². The normalized spacial score (nSPS) is 14.8. The van der Waals surface area contributed by atoms with Gasteiger partial charge in [-0.25, -0.2) is 0 Å². The number of halogens is 5. The van der Waals surface area contributed by atoms with Crippen molar-refractivity contribution >= 4 is 33.4 Å². The Morgan fingerprint density at radius 2 is 2.00 bits per heavy atom. The number of amides is 1. The predicted octanol–water partition coefficient (Wildman–Crippen LogP) is 4.61. The van der Waals surface area contributed by atoms with E-state index in [1.807, 2.05) is 6.92 Å². The van der Waals surface area contributed by atoms with Crippen molar-refractivity contribution in [2.24, 2.45) is 0 Å². The molecule has 0 saturated heterocycles. The van der Waals surface area contributed by atoms with E-state index < -0.39 is 23.2 Å². The summed E-state index contributed by atoms with van der Waals surface area (Å²) in [6, 6.07) is 3.37. The molecule has 1 aromatic carbocycles. The second kappa shape index (κ2) is 6.35. The van der Waals surface area contributed by atoms with Crippen molar-refractivity contribution in [3.63, 3.8) is 0 Å². The molecule has 0 aliphatic rings. The fraction of sp³-hybridized carbons (Fsp3) is 0.462. The monoisotopic (exact) mass is 371 g/mol. The van der Waals surface area contributed by atoms with Crippen molar-refractivity contribution in [3.05, 3.63) is 33.8 Å². The maximum absolute atomic E-state index is 12.8. The average Bonchev–Trinajstić information content (AvgIpc) is 2.37. The lowest BCUT2D eigenvalue weighted by Crippen LogP contribution is -2.47. The molecule has 0 heterocycles. The minimum Gasteiger partial charge on any atom is -0.346 e. The van der Waals surface area contributed by atoms with Crippen LogP contribution >= 0.6 is 27.5 Å². The van der Waals surface area contributed by atoms with E-state index in [-0.39, 0.29) is 15.9 Å². The molecule has 20 heavy (non-hydrogen) atoms. The fourth-order valence-electron chi connectivity index (χ4n) is 1.45. The fourth-order valence-corrected chi connectivity index (χ4v) is 2.17. The van der Waals surface area contributed by atoms with Gasteiger partial charge in [0.2, 0.25) is 0 Å². The summed E-state index contributed by atoms with van der Waals surface area (Å²) in [6.07, 6.45) is -3.94. The maximum atomic E-state index is 12.8. The molecule has 0 aromatic heterocycles. The molecule has 0 spiro atoms. The second-order valence-electron chi connectivity index (χ2n) is 4.69. The minimum absolute atomic E-state index is 0.0506. The first-order valence-corrected chi connectivity index (χ1v) is 7.21. The Labute approximate surface area is 128 Å². The van der Waals surface area contributed by atoms with Crippen LogP contribution in [0.25, 0.3) is 0 Å². The van der Waals surface area contributed by atoms with Gasteiger partial charge in [-0.15, -0.1) is 11.6 Å². The third-order valence-corrected chi connectivity index (χ3v) is 4.31. The van der Waals surface area contributed by atoms with Crippen LogP contribution in [0.5, 0.6) is 0 Å². The summed E-state index contributed by atoms with van der Waals surface area (Å²) in [4.78, 5) is 12.0. The summed E-state index contributed by atoms with van der Waals surface area (Å²) in [5.41, 5.74) is -1.58. The molecule has 7 heteroatoms. The molecule has 1 unspecified atom stereocenters. The lowest BCUT2D eigenvalue weighted by Gasteiger charge is -2.27. The van der Waals surface area contributed by atoms with Crippen LogP contribution in [0.3, 0.4) is 0 Å². The molecule has 0 radical (unpaired) electrons. The Bertz CT molecular complexity index is 501. The van der Waals surface area contributed by atoms with Crippen molar-refractivity contribution in [3.8, 4) is 0 Å². The molecule has 1 aromatic rings. The molecule has 0 aliphatic carbocycles. The molecule has 1 atom stereocenters. The maximum Gasteiger partial charge on any atom is 0.417 e. The van der Waals surface area contributed by atoms with Gasteiger partial charge in [-0.3, -0.25) is 4.79 Å². The third kappa shape index (κ3) is 4.12. The predicted molar refractivity (Wildman–Crippen MR) is 76.0 cm³/mol. The van der Waals surface area contributed by atoms with Gasteiger partial charge in [0.15, 0.2) is 0 Å². The van der Waals surface area contributed by atoms with Gasteiger partial charge >= 0.3 is 6.18 Å². The molecule has 1 N–H and O–H groups in total. The Kier molecular flexibility index (Phi) is 5.49. The summed E-state index contributed by atoms with van der Waals surface area (Å²) < 4.78 is 38.2. The summed E-state index contributed by atoms with van der Waals surface area (Å²) in [5.74, 6) is -0.397. The van der Waals surface area contributed by atoms with Crippen LogP contribution in [-0.4, -0.2) is 17.3 Å². The zero-order valence-corrected chi connectivity index (χ0v) is 13.3. The summed E-state index contributed by atoms with van der Waals surface area (Å²) in [5, 5.41) is 2.65. The van der Waals surface area contributed by atoms with E-state index in [0.29, 0.717) is 6.42 Å². The molecular formula is C13H14BrClF3NO. The van der Waals surface area contributed by atoms with Gasteiger partial charge in [0.25, 0.3) is 5.91 Å². The van der Waals surface area contributed by atoms with Gasteiger partial charge in [0, 0.05) is 15.9 Å². The highest BCUT2D eigenvalue weighted by molar-refractivity contribution is 9.10. The molecule has 0 saturated carbocycles. The van der Waals surface area contributed by atoms with Crippen molar-refractivity contribution in [2.75, 3.05) is 5.88 Å². The number of hydrogen-bond acceptors (Lipinski definition) is 1. The Morgan fingerprint density at radius 1 is 1.40 bits per heavy atom. The van der Waals surface area contributed by atoms with Crippen molar-refractivity contribution in [2.45, 2.75) is 32.0 Å². The van der Waals surface area contributed by atoms with Crippen LogP contribution in [0.2, 0.25) is 0 Å². The highest BCUT2D eigenvalue weighted by atomic mass is 79.9. The molecule has 0 aliphatic heterocycles. The lowest BCUT2D eigenvalue weighted by atomic mass is 10.0. The van der Waals surface area contributed by atoms with E-state index in [2.05, 4.69) is 21.2 Å². The first kappa shape index (κ1) is 17.3. The van der Waals surface area contributed by atoms with Gasteiger partial charge in [-0.1, -0.05) is 22.9 Å². The molecule has 1 amide bonds. The van der Waals surface area contributed by atoms with Gasteiger partial charge < -0.3 is 5.32 Å². The third-order valence-electron chi connectivity index (χ3n) is 3.02. The van der Waals surface area contributed by atoms with E-state index in [0.717, 1.165) is 6.07 Å². The minimum atomic E-state index is -4.52. The van der Waals surface area contributed by atoms with Crippen molar-refractivity contribution in [1.29, 1.82) is 0 Å². The zero-order chi connectivity index (χ0) is 15.6. The van der Waals surface area contributed by atoms with Crippen LogP contribution in [0.1, 0.15) is 36.2 Å². The van der Waals surface area contributed by atoms with E-state index in [1.165, 1.54) is 12.1 Å². The first-order chi connectivity index (χ1) is 9.13. The van der Waals surface area contributed by atoms with Crippen LogP contribution < -0.4 is 5.32 Å². The van der Waals surface area contributed by atoms with Gasteiger partial charge in [0.1, 0.15) is 0 Å². The zero-order valence-electron chi connectivity index (χ0n) is 10.9. The standard InChI is InChI=1S/C13H14BrClF3NO/c1-3-12(2,7-15)19-11(20)8-4-5-10(14)9(6-8)13(16,17)18/h4-6H,3,7H2,1-2H3,(H,19,20). The van der Waals surface area contributed by atoms with Crippen molar-refractivity contribution in [1.82, 2.24) is 5.32 Å². The smallest absolute Gasteiger partial charge is 0.346 e. The van der Waals surface area contributed by atoms with Gasteiger partial charge in [-0.2, -0.15) is 13.2 Å². The SMILES string of the molecule is CCC(C)(CCl)NC(=O)c1ccc(Br)c(C(F)(F)F)c1. The van der Waals surface area contributed by atoms with E-state index >= 15 is 0 Å². The summed E-state index contributed by atoms with van der Waals surface area (Å²) >= 11 is 8.60. The Morgan fingerprint density at radius 3 is 2.45 bits per heavy atom. The van der Waals surface area contributed by atoms with E-state index in [4.69, 9.17) is 11.6 Å². The van der Waals surface area contributed by atoms with E-state index in [1.54, 1.807) is 6.92 Å². The number of nitrogens with one attached hydrogen (secondary N) is 1. The number of benzene rings is 1. The Balaban J connectivity index is 3.07. The van der Waals surface area contributed by atoms with Gasteiger partial charge in [0.05, 0.1) is 11.1 Å². The molecule has 2 nitrogen and oxygen atoms in total. The number of alkyl halides is 4. The summed E-state index contributed by atoms with van der Waals surface area (Å²) in [7, 11) is 0.